The van der Waals surface area contributed by atoms with Gasteiger partial charge < -0.3 is 9.47 Å². The molecule has 0 bridgehead atoms. The van der Waals surface area contributed by atoms with Crippen LogP contribution in [0.25, 0.3) is 11.3 Å². The van der Waals surface area contributed by atoms with Crippen LogP contribution in [-0.2, 0) is 24.1 Å². The Hall–Kier alpha value is -2.14. The summed E-state index contributed by atoms with van der Waals surface area (Å²) in [6.07, 6.45) is 3.14. The van der Waals surface area contributed by atoms with E-state index in [9.17, 15) is 4.79 Å². The summed E-state index contributed by atoms with van der Waals surface area (Å²) < 4.78 is 12.5. The fraction of sp³-hybridized carbons (Fsp3) is 0.500. The minimum Gasteiger partial charge on any atom is -0.481 e. The van der Waals surface area contributed by atoms with Crippen LogP contribution in [0.5, 0.6) is 5.88 Å². The molecule has 1 aromatic carbocycles. The number of ether oxygens (including phenoxy) is 2. The molecule has 134 valence electrons. The molecule has 1 aromatic heterocycles. The topological polar surface area (TPSA) is 53.4 Å². The summed E-state index contributed by atoms with van der Waals surface area (Å²) in [5.74, 6) is 0.884. The van der Waals surface area contributed by atoms with Crippen molar-refractivity contribution in [3.05, 3.63) is 45.9 Å². The lowest BCUT2D eigenvalue weighted by molar-refractivity contribution is 0.0584. The molecule has 1 unspecified atom stereocenters. The van der Waals surface area contributed by atoms with Crippen molar-refractivity contribution in [3.63, 3.8) is 0 Å². The highest BCUT2D eigenvalue weighted by Gasteiger charge is 2.19. The minimum atomic E-state index is -0.246. The molecule has 2 heterocycles. The van der Waals surface area contributed by atoms with Crippen LogP contribution in [0.3, 0.4) is 0 Å². The summed E-state index contributed by atoms with van der Waals surface area (Å²) >= 11 is 0. The number of nitrogens with zero attached hydrogens (tertiary/aromatic N) is 2. The molecule has 0 saturated carbocycles. The van der Waals surface area contributed by atoms with Gasteiger partial charge in [-0.1, -0.05) is 32.0 Å². The fourth-order valence-electron chi connectivity index (χ4n) is 3.55. The second-order valence-corrected chi connectivity index (χ2v) is 6.92. The van der Waals surface area contributed by atoms with Crippen LogP contribution in [0.2, 0.25) is 0 Å². The molecule has 0 spiro atoms. The van der Waals surface area contributed by atoms with Gasteiger partial charge in [0.2, 0.25) is 5.88 Å². The largest absolute Gasteiger partial charge is 0.481 e. The van der Waals surface area contributed by atoms with E-state index in [-0.39, 0.29) is 11.8 Å². The normalized spacial score (nSPS) is 14.1. The van der Waals surface area contributed by atoms with Crippen molar-refractivity contribution in [2.45, 2.75) is 45.8 Å². The summed E-state index contributed by atoms with van der Waals surface area (Å²) in [6.45, 7) is 5.04. The second kappa shape index (κ2) is 7.40. The summed E-state index contributed by atoms with van der Waals surface area (Å²) in [5, 5.41) is 0. The third-order valence-electron chi connectivity index (χ3n) is 5.01. The summed E-state index contributed by atoms with van der Waals surface area (Å²) in [4.78, 5) is 16.1. The molecule has 3 rings (SSSR count). The SMILES string of the molecule is COc1cc2n(c(=O)n1)CCc1cc(CCC(OC)C(C)C)ccc1-2. The molecule has 0 aliphatic carbocycles. The molecule has 0 radical (unpaired) electrons. The molecule has 25 heavy (non-hydrogen) atoms. The summed E-state index contributed by atoms with van der Waals surface area (Å²) in [6, 6.07) is 8.38. The second-order valence-electron chi connectivity index (χ2n) is 6.92. The first-order chi connectivity index (χ1) is 12.0. The predicted octanol–water partition coefficient (Wildman–Crippen LogP) is 3.08. The fourth-order valence-corrected chi connectivity index (χ4v) is 3.55. The van der Waals surface area contributed by atoms with Gasteiger partial charge in [0.1, 0.15) is 0 Å². The summed E-state index contributed by atoms with van der Waals surface area (Å²) in [5.41, 5.74) is 4.34. The first-order valence-electron chi connectivity index (χ1n) is 8.84. The van der Waals surface area contributed by atoms with Gasteiger partial charge in [-0.15, -0.1) is 0 Å². The highest BCUT2D eigenvalue weighted by atomic mass is 16.5. The van der Waals surface area contributed by atoms with E-state index < -0.39 is 0 Å². The quantitative estimate of drug-likeness (QED) is 0.809. The zero-order valence-electron chi connectivity index (χ0n) is 15.4. The number of hydrogen-bond acceptors (Lipinski definition) is 4. The minimum absolute atomic E-state index is 0.246. The monoisotopic (exact) mass is 342 g/mol. The molecular weight excluding hydrogens is 316 g/mol. The Bertz CT molecular complexity index is 811. The number of aryl methyl sites for hydroxylation is 2. The number of aromatic nitrogens is 2. The van der Waals surface area contributed by atoms with Crippen molar-refractivity contribution in [1.82, 2.24) is 9.55 Å². The average molecular weight is 342 g/mol. The maximum Gasteiger partial charge on any atom is 0.351 e. The molecule has 0 amide bonds. The Morgan fingerprint density at radius 1 is 1.24 bits per heavy atom. The van der Waals surface area contributed by atoms with Crippen LogP contribution in [0.15, 0.2) is 29.1 Å². The number of fused-ring (bicyclic) bond motifs is 3. The van der Waals surface area contributed by atoms with Crippen LogP contribution in [0, 0.1) is 5.92 Å². The van der Waals surface area contributed by atoms with Gasteiger partial charge in [0.15, 0.2) is 0 Å². The van der Waals surface area contributed by atoms with Gasteiger partial charge in [0.25, 0.3) is 0 Å². The number of rotatable bonds is 6. The van der Waals surface area contributed by atoms with E-state index in [0.29, 0.717) is 18.3 Å². The molecule has 5 heteroatoms. The van der Waals surface area contributed by atoms with E-state index >= 15 is 0 Å². The first-order valence-corrected chi connectivity index (χ1v) is 8.84. The molecule has 2 aromatic rings. The lowest BCUT2D eigenvalue weighted by Gasteiger charge is -2.23. The van der Waals surface area contributed by atoms with E-state index in [1.807, 2.05) is 6.07 Å². The van der Waals surface area contributed by atoms with Crippen molar-refractivity contribution in [2.24, 2.45) is 5.92 Å². The van der Waals surface area contributed by atoms with Gasteiger partial charge in [-0.2, -0.15) is 4.98 Å². The molecule has 0 N–H and O–H groups in total. The van der Waals surface area contributed by atoms with E-state index in [4.69, 9.17) is 9.47 Å². The van der Waals surface area contributed by atoms with E-state index in [1.54, 1.807) is 11.7 Å². The molecule has 5 nitrogen and oxygen atoms in total. The maximum atomic E-state index is 12.2. The van der Waals surface area contributed by atoms with Gasteiger partial charge in [0, 0.05) is 25.3 Å². The molecule has 0 saturated heterocycles. The zero-order valence-corrected chi connectivity index (χ0v) is 15.4. The highest BCUT2D eigenvalue weighted by Crippen LogP contribution is 2.30. The average Bonchev–Trinajstić information content (AvgIpc) is 2.61. The van der Waals surface area contributed by atoms with Gasteiger partial charge in [-0.3, -0.25) is 4.57 Å². The zero-order chi connectivity index (χ0) is 18.0. The van der Waals surface area contributed by atoms with Gasteiger partial charge in [-0.25, -0.2) is 4.79 Å². The third-order valence-corrected chi connectivity index (χ3v) is 5.01. The van der Waals surface area contributed by atoms with Crippen LogP contribution in [0.1, 0.15) is 31.4 Å². The van der Waals surface area contributed by atoms with Gasteiger partial charge in [-0.05, 0) is 36.3 Å². The van der Waals surface area contributed by atoms with Crippen LogP contribution < -0.4 is 10.4 Å². The molecule has 1 atom stereocenters. The highest BCUT2D eigenvalue weighted by molar-refractivity contribution is 5.67. The van der Waals surface area contributed by atoms with Crippen molar-refractivity contribution >= 4 is 0 Å². The Labute approximate surface area is 148 Å². The van der Waals surface area contributed by atoms with Gasteiger partial charge in [0.05, 0.1) is 18.9 Å². The van der Waals surface area contributed by atoms with Gasteiger partial charge >= 0.3 is 5.69 Å². The first kappa shape index (κ1) is 17.7. The predicted molar refractivity (Wildman–Crippen MR) is 98.1 cm³/mol. The van der Waals surface area contributed by atoms with Crippen molar-refractivity contribution in [2.75, 3.05) is 14.2 Å². The number of methoxy groups -OCH3 is 2. The number of benzene rings is 1. The third kappa shape index (κ3) is 3.61. The Balaban J connectivity index is 1.87. The van der Waals surface area contributed by atoms with E-state index in [2.05, 4.69) is 37.0 Å². The van der Waals surface area contributed by atoms with Crippen LogP contribution >= 0.6 is 0 Å². The standard InChI is InChI=1S/C20H26N2O3/c1-13(2)18(24-3)8-6-14-5-7-16-15(11-14)9-10-22-17(16)12-19(25-4)21-20(22)23/h5,7,11-13,18H,6,8-10H2,1-4H3. The molecule has 0 fully saturated rings. The van der Waals surface area contributed by atoms with Crippen molar-refractivity contribution in [1.29, 1.82) is 0 Å². The molecule has 1 aliphatic rings. The maximum absolute atomic E-state index is 12.2. The molecule has 1 aliphatic heterocycles. The van der Waals surface area contributed by atoms with Crippen molar-refractivity contribution < 1.29 is 9.47 Å². The Morgan fingerprint density at radius 2 is 2.04 bits per heavy atom. The summed E-state index contributed by atoms with van der Waals surface area (Å²) in [7, 11) is 3.32. The smallest absolute Gasteiger partial charge is 0.351 e. The van der Waals surface area contributed by atoms with Crippen LogP contribution in [-0.4, -0.2) is 29.9 Å². The van der Waals surface area contributed by atoms with E-state index in [0.717, 1.165) is 30.5 Å². The number of hydrogen-bond donors (Lipinski definition) is 0. The van der Waals surface area contributed by atoms with Crippen LogP contribution in [0.4, 0.5) is 0 Å². The lowest BCUT2D eigenvalue weighted by atomic mass is 9.93. The van der Waals surface area contributed by atoms with E-state index in [1.165, 1.54) is 18.2 Å². The Kier molecular flexibility index (Phi) is 5.23. The Morgan fingerprint density at radius 3 is 2.72 bits per heavy atom. The van der Waals surface area contributed by atoms with Crippen molar-refractivity contribution in [3.8, 4) is 17.1 Å². The molecular formula is C20H26N2O3. The lowest BCUT2D eigenvalue weighted by Crippen LogP contribution is -2.28.